The number of ether oxygens (including phenoxy) is 1. The Hall–Kier alpha value is -0.280. The average molecular weight is 304 g/mol. The van der Waals surface area contributed by atoms with E-state index in [9.17, 15) is 0 Å². The summed E-state index contributed by atoms with van der Waals surface area (Å²) in [5.41, 5.74) is 0.824. The maximum atomic E-state index is 6.33. The van der Waals surface area contributed by atoms with Crippen LogP contribution in [0.1, 0.15) is 45.2 Å². The van der Waals surface area contributed by atoms with Crippen LogP contribution in [0, 0.1) is 0 Å². The van der Waals surface area contributed by atoms with Gasteiger partial charge in [0.25, 0.3) is 0 Å². The van der Waals surface area contributed by atoms with E-state index in [1.807, 2.05) is 18.2 Å². The lowest BCUT2D eigenvalue weighted by Gasteiger charge is -2.30. The van der Waals surface area contributed by atoms with Crippen molar-refractivity contribution in [3.05, 3.63) is 33.8 Å². The van der Waals surface area contributed by atoms with Gasteiger partial charge in [0.15, 0.2) is 0 Å². The summed E-state index contributed by atoms with van der Waals surface area (Å²) in [5.74, 6) is 0. The predicted molar refractivity (Wildman–Crippen MR) is 83.2 cm³/mol. The number of rotatable bonds is 7. The summed E-state index contributed by atoms with van der Waals surface area (Å²) in [4.78, 5) is 0. The van der Waals surface area contributed by atoms with E-state index in [1.54, 1.807) is 7.11 Å². The van der Waals surface area contributed by atoms with E-state index < -0.39 is 0 Å². The molecule has 0 saturated carbocycles. The molecule has 0 heterocycles. The molecule has 0 spiro atoms. The molecule has 0 aliphatic carbocycles. The van der Waals surface area contributed by atoms with Gasteiger partial charge in [0, 0.05) is 13.2 Å². The number of methoxy groups -OCH3 is 1. The summed E-state index contributed by atoms with van der Waals surface area (Å²) in [5, 5.41) is 4.75. The van der Waals surface area contributed by atoms with Gasteiger partial charge < -0.3 is 10.1 Å². The van der Waals surface area contributed by atoms with Gasteiger partial charge in [0.05, 0.1) is 15.6 Å². The monoisotopic (exact) mass is 303 g/mol. The molecule has 0 saturated heterocycles. The second-order valence-electron chi connectivity index (χ2n) is 5.32. The van der Waals surface area contributed by atoms with Crippen molar-refractivity contribution in [2.75, 3.05) is 13.7 Å². The lowest BCUT2D eigenvalue weighted by Crippen LogP contribution is -2.32. The molecule has 1 rings (SSSR count). The zero-order valence-electron chi connectivity index (χ0n) is 12.1. The molecule has 108 valence electrons. The van der Waals surface area contributed by atoms with Gasteiger partial charge in [0.1, 0.15) is 0 Å². The molecule has 0 radical (unpaired) electrons. The largest absolute Gasteiger partial charge is 0.379 e. The second-order valence-corrected chi connectivity index (χ2v) is 6.10. The fraction of sp³-hybridized carbons (Fsp3) is 0.600. The molecule has 19 heavy (non-hydrogen) atoms. The van der Waals surface area contributed by atoms with Crippen molar-refractivity contribution in [1.82, 2.24) is 5.32 Å². The molecular weight excluding hydrogens is 281 g/mol. The van der Waals surface area contributed by atoms with E-state index in [1.165, 1.54) is 0 Å². The summed E-state index contributed by atoms with van der Waals surface area (Å²) in [6.07, 6.45) is 1.91. The minimum absolute atomic E-state index is 0.140. The van der Waals surface area contributed by atoms with Crippen LogP contribution in [0.3, 0.4) is 0 Å². The van der Waals surface area contributed by atoms with Crippen molar-refractivity contribution < 1.29 is 4.74 Å². The van der Waals surface area contributed by atoms with Crippen LogP contribution in [0.2, 0.25) is 10.0 Å². The number of nitrogens with one attached hydrogen (secondary N) is 1. The molecule has 1 unspecified atom stereocenters. The minimum Gasteiger partial charge on any atom is -0.379 e. The molecule has 0 aromatic heterocycles. The van der Waals surface area contributed by atoms with Gasteiger partial charge in [-0.25, -0.2) is 0 Å². The zero-order chi connectivity index (χ0) is 14.5. The maximum absolute atomic E-state index is 6.33. The number of benzene rings is 1. The van der Waals surface area contributed by atoms with Crippen molar-refractivity contribution >= 4 is 23.2 Å². The summed E-state index contributed by atoms with van der Waals surface area (Å²) < 4.78 is 5.52. The SMILES string of the molecule is CCCNC(CC(C)(C)OC)c1cccc(Cl)c1Cl. The lowest BCUT2D eigenvalue weighted by molar-refractivity contribution is 0.00686. The van der Waals surface area contributed by atoms with E-state index in [4.69, 9.17) is 27.9 Å². The van der Waals surface area contributed by atoms with E-state index in [2.05, 4.69) is 26.1 Å². The molecule has 1 aromatic carbocycles. The molecule has 1 atom stereocenters. The quantitative estimate of drug-likeness (QED) is 0.777. The predicted octanol–water partition coefficient (Wildman–Crippen LogP) is 4.85. The first-order valence-electron chi connectivity index (χ1n) is 6.63. The standard InChI is InChI=1S/C15H23Cl2NO/c1-5-9-18-13(10-15(2,3)19-4)11-7-6-8-12(16)14(11)17/h6-8,13,18H,5,9-10H2,1-4H3. The van der Waals surface area contributed by atoms with Gasteiger partial charge in [0.2, 0.25) is 0 Å². The third kappa shape index (κ3) is 4.96. The highest BCUT2D eigenvalue weighted by molar-refractivity contribution is 6.42. The Bertz CT molecular complexity index is 407. The average Bonchev–Trinajstić information content (AvgIpc) is 2.38. The first kappa shape index (κ1) is 16.8. The fourth-order valence-electron chi connectivity index (χ4n) is 1.98. The third-order valence-electron chi connectivity index (χ3n) is 3.25. The molecular formula is C15H23Cl2NO. The van der Waals surface area contributed by atoms with Crippen LogP contribution < -0.4 is 5.32 Å². The summed E-state index contributed by atoms with van der Waals surface area (Å²) in [6, 6.07) is 5.91. The summed E-state index contributed by atoms with van der Waals surface area (Å²) >= 11 is 12.4. The Morgan fingerprint density at radius 3 is 2.58 bits per heavy atom. The molecule has 0 fully saturated rings. The van der Waals surface area contributed by atoms with Crippen molar-refractivity contribution in [2.24, 2.45) is 0 Å². The smallest absolute Gasteiger partial charge is 0.0640 e. The highest BCUT2D eigenvalue weighted by Crippen LogP contribution is 2.34. The van der Waals surface area contributed by atoms with Crippen LogP contribution in [-0.2, 0) is 4.74 Å². The van der Waals surface area contributed by atoms with Crippen LogP contribution in [0.15, 0.2) is 18.2 Å². The normalized spacial score (nSPS) is 13.6. The van der Waals surface area contributed by atoms with Gasteiger partial charge in [-0.15, -0.1) is 0 Å². The summed E-state index contributed by atoms with van der Waals surface area (Å²) in [6.45, 7) is 7.23. The zero-order valence-corrected chi connectivity index (χ0v) is 13.6. The number of hydrogen-bond donors (Lipinski definition) is 1. The molecule has 0 aliphatic heterocycles. The first-order chi connectivity index (χ1) is 8.91. The van der Waals surface area contributed by atoms with Crippen molar-refractivity contribution in [3.8, 4) is 0 Å². The Morgan fingerprint density at radius 2 is 2.00 bits per heavy atom. The molecule has 0 amide bonds. The summed E-state index contributed by atoms with van der Waals surface area (Å²) in [7, 11) is 1.73. The molecule has 2 nitrogen and oxygen atoms in total. The van der Waals surface area contributed by atoms with E-state index >= 15 is 0 Å². The van der Waals surface area contributed by atoms with E-state index in [-0.39, 0.29) is 11.6 Å². The highest BCUT2D eigenvalue weighted by Gasteiger charge is 2.25. The van der Waals surface area contributed by atoms with Gasteiger partial charge in [-0.1, -0.05) is 42.3 Å². The van der Waals surface area contributed by atoms with Gasteiger partial charge in [-0.2, -0.15) is 0 Å². The maximum Gasteiger partial charge on any atom is 0.0640 e. The van der Waals surface area contributed by atoms with Crippen LogP contribution >= 0.6 is 23.2 Å². The Balaban J connectivity index is 2.99. The van der Waals surface area contributed by atoms with Crippen LogP contribution in [0.25, 0.3) is 0 Å². The Labute approximate surface area is 126 Å². The number of halogens is 2. The van der Waals surface area contributed by atoms with Crippen molar-refractivity contribution in [2.45, 2.75) is 45.3 Å². The molecule has 1 aromatic rings. The van der Waals surface area contributed by atoms with Crippen LogP contribution in [0.5, 0.6) is 0 Å². The second kappa shape index (κ2) is 7.49. The van der Waals surface area contributed by atoms with Crippen molar-refractivity contribution in [1.29, 1.82) is 0 Å². The molecule has 4 heteroatoms. The Morgan fingerprint density at radius 1 is 1.32 bits per heavy atom. The molecule has 0 bridgehead atoms. The van der Waals surface area contributed by atoms with E-state index in [0.717, 1.165) is 24.9 Å². The van der Waals surface area contributed by atoms with Gasteiger partial charge in [-0.05, 0) is 44.9 Å². The lowest BCUT2D eigenvalue weighted by atomic mass is 9.93. The minimum atomic E-state index is -0.211. The molecule has 1 N–H and O–H groups in total. The third-order valence-corrected chi connectivity index (χ3v) is 4.08. The topological polar surface area (TPSA) is 21.3 Å². The van der Waals surface area contributed by atoms with Crippen LogP contribution in [0.4, 0.5) is 0 Å². The highest BCUT2D eigenvalue weighted by atomic mass is 35.5. The Kier molecular flexibility index (Phi) is 6.61. The first-order valence-corrected chi connectivity index (χ1v) is 7.39. The van der Waals surface area contributed by atoms with E-state index in [0.29, 0.717) is 10.0 Å². The van der Waals surface area contributed by atoms with Crippen LogP contribution in [-0.4, -0.2) is 19.3 Å². The number of hydrogen-bond acceptors (Lipinski definition) is 2. The molecule has 0 aliphatic rings. The van der Waals surface area contributed by atoms with Crippen molar-refractivity contribution in [3.63, 3.8) is 0 Å². The van der Waals surface area contributed by atoms with Gasteiger partial charge in [-0.3, -0.25) is 0 Å². The van der Waals surface area contributed by atoms with Gasteiger partial charge >= 0.3 is 0 Å². The fourth-order valence-corrected chi connectivity index (χ4v) is 2.41.